The fraction of sp³-hybridized carbons (Fsp3) is 1.00. The van der Waals surface area contributed by atoms with E-state index in [-0.39, 0.29) is 37.5 Å². The fourth-order valence-electron chi connectivity index (χ4n) is 5.30. The molecule has 0 heterocycles. The molecule has 0 nitrogen and oxygen atoms in total. The first-order valence-corrected chi connectivity index (χ1v) is 9.63. The van der Waals surface area contributed by atoms with Gasteiger partial charge in [-0.15, -0.1) is 0 Å². The molecule has 0 aliphatic heterocycles. The predicted octanol–water partition coefficient (Wildman–Crippen LogP) is 7.53. The van der Waals surface area contributed by atoms with Crippen LogP contribution in [-0.2, 0) is 0 Å². The second-order valence-corrected chi connectivity index (χ2v) is 8.49. The first-order valence-electron chi connectivity index (χ1n) is 9.63. The Bertz CT molecular complexity index is 385. The maximum atomic E-state index is 14.2. The average molecular weight is 372 g/mol. The van der Waals surface area contributed by atoms with Crippen LogP contribution < -0.4 is 0 Å². The van der Waals surface area contributed by atoms with Crippen molar-refractivity contribution in [2.24, 2.45) is 29.1 Å². The minimum Gasteiger partial charge on any atom is -0.170 e. The van der Waals surface area contributed by atoms with Crippen molar-refractivity contribution in [1.82, 2.24) is 0 Å². The third-order valence-corrected chi connectivity index (χ3v) is 6.74. The molecule has 0 saturated heterocycles. The largest absolute Gasteiger partial charge is 0.403 e. The zero-order valence-corrected chi connectivity index (χ0v) is 15.1. The summed E-state index contributed by atoms with van der Waals surface area (Å²) in [4.78, 5) is 0. The van der Waals surface area contributed by atoms with Crippen LogP contribution in [0.2, 0.25) is 0 Å². The van der Waals surface area contributed by atoms with Crippen molar-refractivity contribution in [3.63, 3.8) is 0 Å². The van der Waals surface area contributed by atoms with Gasteiger partial charge in [0.25, 0.3) is 0 Å². The van der Waals surface area contributed by atoms with Crippen LogP contribution in [0, 0.1) is 29.1 Å². The van der Waals surface area contributed by atoms with Crippen molar-refractivity contribution in [3.8, 4) is 0 Å². The van der Waals surface area contributed by atoms with Gasteiger partial charge in [-0.1, -0.05) is 52.4 Å². The zero-order chi connectivity index (χ0) is 18.9. The highest BCUT2D eigenvalue weighted by molar-refractivity contribution is 5.03. The van der Waals surface area contributed by atoms with Gasteiger partial charge in [0.2, 0.25) is 0 Å². The number of hydrogen-bond acceptors (Lipinski definition) is 0. The molecule has 0 radical (unpaired) electrons. The second kappa shape index (κ2) is 7.67. The Balaban J connectivity index is 2.48. The van der Waals surface area contributed by atoms with Crippen LogP contribution in [0.5, 0.6) is 0 Å². The summed E-state index contributed by atoms with van der Waals surface area (Å²) in [7, 11) is 0. The van der Waals surface area contributed by atoms with Crippen LogP contribution in [0.4, 0.5) is 26.3 Å². The van der Waals surface area contributed by atoms with Gasteiger partial charge in [-0.2, -0.15) is 26.3 Å². The third kappa shape index (κ3) is 4.13. The van der Waals surface area contributed by atoms with Crippen LogP contribution >= 0.6 is 0 Å². The summed E-state index contributed by atoms with van der Waals surface area (Å²) in [6.07, 6.45) is -7.06. The summed E-state index contributed by atoms with van der Waals surface area (Å²) in [6, 6.07) is 0. The maximum Gasteiger partial charge on any atom is 0.403 e. The number of hydrogen-bond donors (Lipinski definition) is 0. The molecule has 2 rings (SSSR count). The molecule has 0 bridgehead atoms. The highest BCUT2D eigenvalue weighted by Gasteiger charge is 2.75. The van der Waals surface area contributed by atoms with Crippen molar-refractivity contribution in [2.75, 3.05) is 0 Å². The normalized spacial score (nSPS) is 33.6. The molecule has 0 aromatic heterocycles. The molecule has 0 N–H and O–H groups in total. The van der Waals surface area contributed by atoms with Crippen LogP contribution in [-0.4, -0.2) is 12.4 Å². The quantitative estimate of drug-likeness (QED) is 0.347. The van der Waals surface area contributed by atoms with E-state index < -0.39 is 29.6 Å². The number of halogens is 6. The van der Waals surface area contributed by atoms with E-state index in [1.165, 1.54) is 0 Å². The molecule has 2 fully saturated rings. The first kappa shape index (κ1) is 20.9. The van der Waals surface area contributed by atoms with Gasteiger partial charge >= 0.3 is 12.4 Å². The van der Waals surface area contributed by atoms with Crippen LogP contribution in [0.15, 0.2) is 0 Å². The Morgan fingerprint density at radius 2 is 0.880 bits per heavy atom. The second-order valence-electron chi connectivity index (χ2n) is 8.49. The predicted molar refractivity (Wildman–Crippen MR) is 86.0 cm³/mol. The fourth-order valence-corrected chi connectivity index (χ4v) is 5.30. The Morgan fingerprint density at radius 3 is 1.20 bits per heavy atom. The molecule has 25 heavy (non-hydrogen) atoms. The minimum absolute atomic E-state index is 0.0340. The summed E-state index contributed by atoms with van der Waals surface area (Å²) < 4.78 is 85.1. The van der Waals surface area contributed by atoms with Gasteiger partial charge < -0.3 is 0 Å². The van der Waals surface area contributed by atoms with E-state index in [2.05, 4.69) is 0 Å². The van der Waals surface area contributed by atoms with Crippen LogP contribution in [0.1, 0.15) is 78.1 Å². The molecule has 0 aromatic carbocycles. The molecule has 0 aromatic rings. The lowest BCUT2D eigenvalue weighted by atomic mass is 9.60. The van der Waals surface area contributed by atoms with E-state index in [1.54, 1.807) is 0 Å². The van der Waals surface area contributed by atoms with Gasteiger partial charge in [-0.3, -0.25) is 0 Å². The van der Waals surface area contributed by atoms with E-state index in [0.29, 0.717) is 25.7 Å². The smallest absolute Gasteiger partial charge is 0.170 e. The van der Waals surface area contributed by atoms with Gasteiger partial charge in [0.1, 0.15) is 0 Å². The van der Waals surface area contributed by atoms with E-state index in [9.17, 15) is 26.3 Å². The van der Waals surface area contributed by atoms with Crippen molar-refractivity contribution in [1.29, 1.82) is 0 Å². The van der Waals surface area contributed by atoms with Crippen LogP contribution in [0.25, 0.3) is 0 Å². The summed E-state index contributed by atoms with van der Waals surface area (Å²) in [6.45, 7) is 3.86. The maximum absolute atomic E-state index is 14.2. The molecule has 0 amide bonds. The number of alkyl halides is 6. The van der Waals surface area contributed by atoms with Crippen molar-refractivity contribution < 1.29 is 26.3 Å². The Kier molecular flexibility index (Phi) is 6.41. The van der Waals surface area contributed by atoms with Crippen molar-refractivity contribution in [2.45, 2.75) is 90.4 Å². The molecule has 148 valence electrons. The molecule has 4 atom stereocenters. The van der Waals surface area contributed by atoms with Crippen LogP contribution in [0.3, 0.4) is 0 Å². The van der Waals surface area contributed by atoms with Gasteiger partial charge in [0.15, 0.2) is 5.41 Å². The molecule has 0 spiro atoms. The lowest BCUT2D eigenvalue weighted by Gasteiger charge is -2.48. The summed E-state index contributed by atoms with van der Waals surface area (Å²) in [5.74, 6) is -2.26. The molecule has 4 unspecified atom stereocenters. The Morgan fingerprint density at radius 1 is 0.520 bits per heavy atom. The third-order valence-electron chi connectivity index (χ3n) is 6.74. The molecular formula is C19H30F6. The Labute approximate surface area is 146 Å². The average Bonchev–Trinajstić information content (AvgIpc) is 2.79. The van der Waals surface area contributed by atoms with E-state index >= 15 is 0 Å². The Hall–Kier alpha value is -0.420. The lowest BCUT2D eigenvalue weighted by Crippen LogP contribution is -2.59. The van der Waals surface area contributed by atoms with Crippen molar-refractivity contribution in [3.05, 3.63) is 0 Å². The van der Waals surface area contributed by atoms with Crippen molar-refractivity contribution >= 4 is 0 Å². The zero-order valence-electron chi connectivity index (χ0n) is 15.1. The first-order chi connectivity index (χ1) is 11.5. The van der Waals surface area contributed by atoms with Gasteiger partial charge in [-0.25, -0.2) is 0 Å². The van der Waals surface area contributed by atoms with E-state index in [1.807, 2.05) is 13.8 Å². The molecule has 2 aliphatic rings. The molecule has 2 saturated carbocycles. The molecular weight excluding hydrogens is 342 g/mol. The topological polar surface area (TPSA) is 0 Å². The minimum atomic E-state index is -5.25. The summed E-state index contributed by atoms with van der Waals surface area (Å²) in [5.41, 5.74) is -3.53. The summed E-state index contributed by atoms with van der Waals surface area (Å²) in [5, 5.41) is 0. The van der Waals surface area contributed by atoms with Gasteiger partial charge in [-0.05, 0) is 49.4 Å². The molecule has 6 heteroatoms. The van der Waals surface area contributed by atoms with Gasteiger partial charge in [0, 0.05) is 0 Å². The highest BCUT2D eigenvalue weighted by atomic mass is 19.4. The van der Waals surface area contributed by atoms with E-state index in [0.717, 1.165) is 12.8 Å². The highest BCUT2D eigenvalue weighted by Crippen LogP contribution is 2.64. The standard InChI is InChI=1S/C19H30F6/c1-13-5-3-7-15(11-9-13)17(18(20,21)22,19(23,24)25)16-8-4-6-14(2)10-12-16/h13-16H,3-12H2,1-2H3. The SMILES string of the molecule is CC1CCCC(C(C2CCCC(C)CC2)(C(F)(F)F)C(F)(F)F)CC1. The van der Waals surface area contributed by atoms with Gasteiger partial charge in [0.05, 0.1) is 0 Å². The number of rotatable bonds is 2. The summed E-state index contributed by atoms with van der Waals surface area (Å²) >= 11 is 0. The monoisotopic (exact) mass is 372 g/mol. The van der Waals surface area contributed by atoms with E-state index in [4.69, 9.17) is 0 Å². The lowest BCUT2D eigenvalue weighted by molar-refractivity contribution is -0.379. The molecule has 2 aliphatic carbocycles.